The van der Waals surface area contributed by atoms with E-state index in [4.69, 9.17) is 20.8 Å². The number of nitrogens with zero attached hydrogens (tertiary/aromatic N) is 2. The van der Waals surface area contributed by atoms with E-state index in [1.165, 1.54) is 11.8 Å². The second-order valence-electron chi connectivity index (χ2n) is 5.26. The summed E-state index contributed by atoms with van der Waals surface area (Å²) in [5.74, 6) is 1.09. The molecule has 0 spiro atoms. The number of carbonyl (C=O) groups excluding carboxylic acids is 1. The summed E-state index contributed by atoms with van der Waals surface area (Å²) in [5.41, 5.74) is 1.05. The molecule has 0 fully saturated rings. The average molecular weight is 390 g/mol. The van der Waals surface area contributed by atoms with Gasteiger partial charge in [-0.2, -0.15) is 0 Å². The third kappa shape index (κ3) is 5.79. The monoisotopic (exact) mass is 389 g/mol. The van der Waals surface area contributed by atoms with Crippen molar-refractivity contribution in [3.8, 4) is 5.75 Å². The lowest BCUT2D eigenvalue weighted by Gasteiger charge is -2.04. The molecule has 0 aliphatic carbocycles. The molecule has 0 saturated carbocycles. The maximum atomic E-state index is 11.9. The third-order valence-electron chi connectivity index (χ3n) is 3.28. The van der Waals surface area contributed by atoms with Gasteiger partial charge in [0.2, 0.25) is 5.91 Å². The molecule has 8 heteroatoms. The minimum atomic E-state index is -0.101. The van der Waals surface area contributed by atoms with Gasteiger partial charge in [-0.05, 0) is 29.8 Å². The number of thioether (sulfide) groups is 1. The van der Waals surface area contributed by atoms with Crippen LogP contribution in [0.3, 0.4) is 0 Å². The topological polar surface area (TPSA) is 77.2 Å². The van der Waals surface area contributed by atoms with E-state index in [2.05, 4.69) is 15.5 Å². The maximum Gasteiger partial charge on any atom is 0.277 e. The van der Waals surface area contributed by atoms with Crippen molar-refractivity contribution in [1.82, 2.24) is 15.5 Å². The van der Waals surface area contributed by atoms with Gasteiger partial charge in [0.1, 0.15) is 5.75 Å². The van der Waals surface area contributed by atoms with Crippen LogP contribution in [0.4, 0.5) is 0 Å². The first-order valence-electron chi connectivity index (χ1n) is 7.83. The zero-order valence-corrected chi connectivity index (χ0v) is 15.3. The van der Waals surface area contributed by atoms with Crippen LogP contribution < -0.4 is 10.1 Å². The second-order valence-corrected chi connectivity index (χ2v) is 6.62. The summed E-state index contributed by atoms with van der Waals surface area (Å²) in [5, 5.41) is 11.6. The lowest BCUT2D eigenvalue weighted by molar-refractivity contribution is -0.118. The standard InChI is InChI=1S/C18H16ClN3O3S/c19-14-6-8-15(9-7-14)24-11-17-21-22-18(25-17)26-12-16(23)20-10-13-4-2-1-3-5-13/h1-9H,10-12H2,(H,20,23). The lowest BCUT2D eigenvalue weighted by Crippen LogP contribution is -2.24. The number of rotatable bonds is 8. The molecule has 0 aliphatic heterocycles. The van der Waals surface area contributed by atoms with Gasteiger partial charge in [0.25, 0.3) is 11.1 Å². The van der Waals surface area contributed by atoms with Gasteiger partial charge in [-0.15, -0.1) is 10.2 Å². The normalized spacial score (nSPS) is 10.5. The number of benzene rings is 2. The molecular formula is C18H16ClN3O3S. The van der Waals surface area contributed by atoms with Gasteiger partial charge >= 0.3 is 0 Å². The van der Waals surface area contributed by atoms with Gasteiger partial charge in [-0.3, -0.25) is 4.79 Å². The second kappa shape index (κ2) is 9.26. The lowest BCUT2D eigenvalue weighted by atomic mass is 10.2. The van der Waals surface area contributed by atoms with Gasteiger partial charge in [-0.1, -0.05) is 53.7 Å². The summed E-state index contributed by atoms with van der Waals surface area (Å²) < 4.78 is 11.0. The molecule has 2 aromatic carbocycles. The molecule has 26 heavy (non-hydrogen) atoms. The summed E-state index contributed by atoms with van der Waals surface area (Å²) in [6, 6.07) is 16.7. The molecule has 1 aromatic heterocycles. The maximum absolute atomic E-state index is 11.9. The van der Waals surface area contributed by atoms with Crippen molar-refractivity contribution in [2.24, 2.45) is 0 Å². The van der Waals surface area contributed by atoms with Crippen molar-refractivity contribution in [2.75, 3.05) is 5.75 Å². The first kappa shape index (κ1) is 18.3. The fourth-order valence-corrected chi connectivity index (χ4v) is 2.74. The highest BCUT2D eigenvalue weighted by molar-refractivity contribution is 7.99. The van der Waals surface area contributed by atoms with Crippen molar-refractivity contribution >= 4 is 29.3 Å². The zero-order valence-electron chi connectivity index (χ0n) is 13.7. The van der Waals surface area contributed by atoms with Crippen LogP contribution in [-0.2, 0) is 17.9 Å². The van der Waals surface area contributed by atoms with E-state index in [0.29, 0.717) is 28.4 Å². The van der Waals surface area contributed by atoms with Crippen LogP contribution in [0.5, 0.6) is 5.75 Å². The fourth-order valence-electron chi connectivity index (χ4n) is 2.01. The van der Waals surface area contributed by atoms with Crippen LogP contribution in [-0.4, -0.2) is 21.9 Å². The van der Waals surface area contributed by atoms with Gasteiger partial charge in [0, 0.05) is 11.6 Å². The minimum absolute atomic E-state index is 0.101. The van der Waals surface area contributed by atoms with Crippen molar-refractivity contribution < 1.29 is 13.9 Å². The van der Waals surface area contributed by atoms with Crippen LogP contribution in [0.15, 0.2) is 64.2 Å². The Labute approximate surface area is 159 Å². The van der Waals surface area contributed by atoms with Gasteiger partial charge < -0.3 is 14.5 Å². The number of amides is 1. The van der Waals surface area contributed by atoms with Crippen molar-refractivity contribution in [3.63, 3.8) is 0 Å². The van der Waals surface area contributed by atoms with E-state index >= 15 is 0 Å². The van der Waals surface area contributed by atoms with E-state index in [0.717, 1.165) is 5.56 Å². The molecule has 0 atom stereocenters. The Morgan fingerprint density at radius 1 is 1.12 bits per heavy atom. The smallest absolute Gasteiger partial charge is 0.277 e. The van der Waals surface area contributed by atoms with E-state index in [1.54, 1.807) is 24.3 Å². The SMILES string of the molecule is O=C(CSc1nnc(COc2ccc(Cl)cc2)o1)NCc1ccccc1. The Bertz CT molecular complexity index is 840. The Morgan fingerprint density at radius 3 is 2.65 bits per heavy atom. The first-order chi connectivity index (χ1) is 12.7. The summed E-state index contributed by atoms with van der Waals surface area (Å²) in [7, 11) is 0. The molecule has 0 aliphatic rings. The summed E-state index contributed by atoms with van der Waals surface area (Å²) in [6.07, 6.45) is 0. The number of hydrogen-bond donors (Lipinski definition) is 1. The van der Waals surface area contributed by atoms with Gasteiger partial charge in [0.05, 0.1) is 5.75 Å². The quantitative estimate of drug-likeness (QED) is 0.592. The van der Waals surface area contributed by atoms with Crippen LogP contribution in [0, 0.1) is 0 Å². The highest BCUT2D eigenvalue weighted by atomic mass is 35.5. The van der Waals surface area contributed by atoms with Crippen LogP contribution >= 0.6 is 23.4 Å². The Hall–Kier alpha value is -2.51. The molecule has 3 aromatic rings. The van der Waals surface area contributed by atoms with E-state index < -0.39 is 0 Å². The zero-order chi connectivity index (χ0) is 18.2. The van der Waals surface area contributed by atoms with Gasteiger partial charge in [-0.25, -0.2) is 0 Å². The third-order valence-corrected chi connectivity index (χ3v) is 4.35. The van der Waals surface area contributed by atoms with Crippen LogP contribution in [0.25, 0.3) is 0 Å². The molecule has 3 rings (SSSR count). The number of aromatic nitrogens is 2. The van der Waals surface area contributed by atoms with Crippen molar-refractivity contribution in [1.29, 1.82) is 0 Å². The van der Waals surface area contributed by atoms with Crippen LogP contribution in [0.1, 0.15) is 11.5 Å². The van der Waals surface area contributed by atoms with Gasteiger partial charge in [0.15, 0.2) is 6.61 Å². The molecule has 1 N–H and O–H groups in total. The molecule has 0 bridgehead atoms. The molecule has 134 valence electrons. The molecule has 6 nitrogen and oxygen atoms in total. The Balaban J connectivity index is 1.40. The molecule has 1 amide bonds. The van der Waals surface area contributed by atoms with E-state index in [9.17, 15) is 4.79 Å². The fraction of sp³-hybridized carbons (Fsp3) is 0.167. The average Bonchev–Trinajstić information content (AvgIpc) is 3.13. The highest BCUT2D eigenvalue weighted by Gasteiger charge is 2.10. The largest absolute Gasteiger partial charge is 0.484 e. The number of hydrogen-bond acceptors (Lipinski definition) is 6. The van der Waals surface area contributed by atoms with Crippen LogP contribution in [0.2, 0.25) is 5.02 Å². The molecular weight excluding hydrogens is 374 g/mol. The Morgan fingerprint density at radius 2 is 1.88 bits per heavy atom. The van der Waals surface area contributed by atoms with Crippen molar-refractivity contribution in [3.05, 3.63) is 71.1 Å². The van der Waals surface area contributed by atoms with E-state index in [1.807, 2.05) is 30.3 Å². The predicted molar refractivity (Wildman–Crippen MR) is 99.1 cm³/mol. The molecule has 0 unspecified atom stereocenters. The molecule has 0 saturated heterocycles. The summed E-state index contributed by atoms with van der Waals surface area (Å²) in [4.78, 5) is 11.9. The number of nitrogens with one attached hydrogen (secondary N) is 1. The van der Waals surface area contributed by atoms with Crippen molar-refractivity contribution in [2.45, 2.75) is 18.4 Å². The first-order valence-corrected chi connectivity index (χ1v) is 9.19. The number of ether oxygens (including phenoxy) is 1. The number of carbonyl (C=O) groups is 1. The number of halogens is 1. The summed E-state index contributed by atoms with van der Waals surface area (Å²) in [6.45, 7) is 0.639. The minimum Gasteiger partial charge on any atom is -0.484 e. The summed E-state index contributed by atoms with van der Waals surface area (Å²) >= 11 is 7.00. The van der Waals surface area contributed by atoms with E-state index in [-0.39, 0.29) is 18.3 Å². The Kier molecular flexibility index (Phi) is 6.51. The molecule has 0 radical (unpaired) electrons. The molecule has 1 heterocycles. The highest BCUT2D eigenvalue weighted by Crippen LogP contribution is 2.19. The predicted octanol–water partition coefficient (Wildman–Crippen LogP) is 3.71.